The van der Waals surface area contributed by atoms with Gasteiger partial charge in [0.1, 0.15) is 60.4 Å². The molecule has 29 heteroatoms. The molecule has 0 aliphatic carbocycles. The van der Waals surface area contributed by atoms with Crippen molar-refractivity contribution < 1.29 is 72.9 Å². The molecule has 0 aromatic heterocycles. The van der Waals surface area contributed by atoms with Gasteiger partial charge in [-0.15, -0.1) is 0 Å². The normalized spacial score (nSPS) is 20.2. The quantitative estimate of drug-likeness (QED) is 0.0299. The van der Waals surface area contributed by atoms with Gasteiger partial charge in [0, 0.05) is 19.5 Å². The first kappa shape index (κ1) is 73.1. The number of rotatable bonds is 38. The molecule has 13 atom stereocenters. The van der Waals surface area contributed by atoms with Gasteiger partial charge >= 0.3 is 11.9 Å². The third-order valence-corrected chi connectivity index (χ3v) is 16.3. The number of nitrogens with zero attached hydrogens (tertiary/aromatic N) is 2. The lowest BCUT2D eigenvalue weighted by Crippen LogP contribution is -2.62. The zero-order valence-corrected chi connectivity index (χ0v) is 51.4. The van der Waals surface area contributed by atoms with Crippen molar-refractivity contribution in [1.82, 2.24) is 57.7 Å². The molecule has 0 aromatic rings. The molecule has 0 unspecified atom stereocenters. The van der Waals surface area contributed by atoms with E-state index in [0.29, 0.717) is 63.8 Å². The molecular weight excluding hydrogens is 1130 g/mol. The van der Waals surface area contributed by atoms with Crippen LogP contribution in [0.15, 0.2) is 0 Å². The van der Waals surface area contributed by atoms with E-state index in [1.54, 1.807) is 13.2 Å². The molecule has 0 bridgehead atoms. The third-order valence-electron chi connectivity index (χ3n) is 15.6. The van der Waals surface area contributed by atoms with E-state index in [0.717, 1.165) is 6.42 Å². The molecule has 482 valence electrons. The molecule has 3 rings (SSSR count). The van der Waals surface area contributed by atoms with E-state index in [4.69, 9.17) is 11.5 Å². The summed E-state index contributed by atoms with van der Waals surface area (Å²) in [5, 5.41) is 54.4. The average Bonchev–Trinajstić information content (AvgIpc) is 4.51. The average molecular weight is 1220 g/mol. The first-order valence-electron chi connectivity index (χ1n) is 30.1. The number of aliphatic carboxylic acids is 2. The standard InChI is InChI=1S/C56H97N13O15S/c1-8-32(4)44(66-46(73)35-18-13-26-59-35)53(80)65-40(30-31(2)3)51(78)62-38(21-22-43(71)72)49(76)61-37(17-10-12-25-58)50(77)67-45(34(6)70)55(82)69-28-15-20-42(69)54(81)68-27-14-19-41(68)52(79)64-36(16-9-11-24-57)48(75)63-39(23-29-85-7)47(74)60-33(5)56(83)84/h31-42,44-45,59,70H,8-30,57-58H2,1-7H3,(H,60,74)(H,61,76)(H,62,78)(H,63,75)(H,64,79)(H,65,80)(H,66,73)(H,67,77)(H,71,72)(H,83,84)/t32-,33-,34+,35-,36-,37-,38-,39-,40-,41-,42-,44-,45-/m0/s1. The molecule has 3 saturated heterocycles. The molecule has 3 aliphatic rings. The van der Waals surface area contributed by atoms with E-state index >= 15 is 0 Å². The van der Waals surface area contributed by atoms with Crippen molar-refractivity contribution >= 4 is 82.8 Å². The molecule has 10 amide bonds. The maximum absolute atomic E-state index is 14.5. The van der Waals surface area contributed by atoms with Crippen LogP contribution in [0.5, 0.6) is 0 Å². The van der Waals surface area contributed by atoms with E-state index in [2.05, 4.69) is 47.9 Å². The van der Waals surface area contributed by atoms with Gasteiger partial charge in [-0.2, -0.15) is 11.8 Å². The largest absolute Gasteiger partial charge is 0.481 e. The molecule has 0 spiro atoms. The van der Waals surface area contributed by atoms with Crippen LogP contribution >= 0.6 is 11.8 Å². The monoisotopic (exact) mass is 1220 g/mol. The van der Waals surface area contributed by atoms with Crippen LogP contribution in [0.3, 0.4) is 0 Å². The van der Waals surface area contributed by atoms with Crippen molar-refractivity contribution in [2.75, 3.05) is 44.7 Å². The van der Waals surface area contributed by atoms with Crippen LogP contribution in [0.25, 0.3) is 0 Å². The highest BCUT2D eigenvalue weighted by Gasteiger charge is 2.46. The number of carbonyl (C=O) groups is 12. The van der Waals surface area contributed by atoms with E-state index in [1.807, 2.05) is 20.8 Å². The van der Waals surface area contributed by atoms with E-state index < -0.39 is 151 Å². The maximum atomic E-state index is 14.5. The SMILES string of the molecule is CC[C@H](C)[C@H](NC(=O)[C@@H]1CCCN1)C(=O)N[C@@H](CC(C)C)C(=O)N[C@@H](CCC(=O)O)C(=O)N[C@@H](CCCCN)C(=O)N[C@H](C(=O)N1CCC[C@H]1C(=O)N1CCC[C@H]1C(=O)N[C@@H](CCCCN)C(=O)N[C@@H](CCSC)C(=O)N[C@@H](C)C(=O)O)[C@@H](C)O. The summed E-state index contributed by atoms with van der Waals surface area (Å²) in [5.41, 5.74) is 11.5. The Hall–Kier alpha value is -6.17. The molecule has 85 heavy (non-hydrogen) atoms. The van der Waals surface area contributed by atoms with Crippen LogP contribution in [0.2, 0.25) is 0 Å². The molecule has 3 aliphatic heterocycles. The number of nitrogens with two attached hydrogens (primary N) is 2. The topological polar surface area (TPSA) is 432 Å². The number of hydrogen-bond donors (Lipinski definition) is 14. The molecule has 0 aromatic carbocycles. The molecule has 3 heterocycles. The fourth-order valence-electron chi connectivity index (χ4n) is 10.5. The first-order chi connectivity index (χ1) is 40.3. The Bertz CT molecular complexity index is 2280. The molecular formula is C56H97N13O15S. The van der Waals surface area contributed by atoms with Crippen LogP contribution in [0.1, 0.15) is 151 Å². The van der Waals surface area contributed by atoms with Gasteiger partial charge in [-0.1, -0.05) is 34.1 Å². The minimum absolute atomic E-state index is 0.0314. The van der Waals surface area contributed by atoms with Gasteiger partial charge in [0.05, 0.1) is 12.1 Å². The molecule has 16 N–H and O–H groups in total. The Kier molecular flexibility index (Phi) is 32.2. The van der Waals surface area contributed by atoms with Gasteiger partial charge in [-0.25, -0.2) is 0 Å². The van der Waals surface area contributed by atoms with Crippen molar-refractivity contribution in [3.63, 3.8) is 0 Å². The van der Waals surface area contributed by atoms with Crippen molar-refractivity contribution in [1.29, 1.82) is 0 Å². The summed E-state index contributed by atoms with van der Waals surface area (Å²) >= 11 is 1.41. The fourth-order valence-corrected chi connectivity index (χ4v) is 10.9. The molecule has 0 saturated carbocycles. The Morgan fingerprint density at radius 2 is 1.09 bits per heavy atom. The number of carboxylic acid groups (broad SMARTS) is 2. The second kappa shape index (κ2) is 37.4. The number of likely N-dealkylation sites (tertiary alicyclic amines) is 2. The zero-order chi connectivity index (χ0) is 63.5. The summed E-state index contributed by atoms with van der Waals surface area (Å²) in [4.78, 5) is 166. The Labute approximate surface area is 502 Å². The van der Waals surface area contributed by atoms with Crippen molar-refractivity contribution in [3.05, 3.63) is 0 Å². The number of aliphatic hydroxyl groups is 1. The highest BCUT2D eigenvalue weighted by molar-refractivity contribution is 7.98. The second-order valence-corrected chi connectivity index (χ2v) is 23.9. The number of hydrogen-bond acceptors (Lipinski definition) is 17. The van der Waals surface area contributed by atoms with Crippen molar-refractivity contribution in [2.45, 2.75) is 223 Å². The smallest absolute Gasteiger partial charge is 0.325 e. The van der Waals surface area contributed by atoms with Crippen LogP contribution < -0.4 is 59.3 Å². The van der Waals surface area contributed by atoms with E-state index in [-0.39, 0.29) is 82.3 Å². The van der Waals surface area contributed by atoms with E-state index in [1.165, 1.54) is 35.4 Å². The maximum Gasteiger partial charge on any atom is 0.325 e. The number of carbonyl (C=O) groups excluding carboxylic acids is 10. The van der Waals surface area contributed by atoms with Crippen LogP contribution in [-0.4, -0.2) is 213 Å². The fraction of sp³-hybridized carbons (Fsp3) is 0.786. The lowest BCUT2D eigenvalue weighted by molar-refractivity contribution is -0.149. The van der Waals surface area contributed by atoms with Crippen molar-refractivity contribution in [2.24, 2.45) is 23.3 Å². The third kappa shape index (κ3) is 23.6. The lowest BCUT2D eigenvalue weighted by Gasteiger charge is -2.34. The number of thioether (sulfide) groups is 1. The Balaban J connectivity index is 1.84. The van der Waals surface area contributed by atoms with Gasteiger partial charge in [-0.05, 0) is 154 Å². The van der Waals surface area contributed by atoms with Crippen LogP contribution in [0.4, 0.5) is 0 Å². The Morgan fingerprint density at radius 3 is 1.61 bits per heavy atom. The summed E-state index contributed by atoms with van der Waals surface area (Å²) in [7, 11) is 0. The number of aliphatic hydroxyl groups excluding tert-OH is 1. The predicted molar refractivity (Wildman–Crippen MR) is 316 cm³/mol. The number of amides is 10. The molecule has 3 fully saturated rings. The summed E-state index contributed by atoms with van der Waals surface area (Å²) < 4.78 is 0. The zero-order valence-electron chi connectivity index (χ0n) is 50.5. The lowest BCUT2D eigenvalue weighted by atomic mass is 9.96. The summed E-state index contributed by atoms with van der Waals surface area (Å²) in [5.74, 6) is -9.84. The second-order valence-electron chi connectivity index (χ2n) is 22.9. The highest BCUT2D eigenvalue weighted by atomic mass is 32.2. The predicted octanol–water partition coefficient (Wildman–Crippen LogP) is -1.95. The summed E-state index contributed by atoms with van der Waals surface area (Å²) in [6, 6.07) is -13.1. The van der Waals surface area contributed by atoms with Gasteiger partial charge in [0.2, 0.25) is 59.1 Å². The highest BCUT2D eigenvalue weighted by Crippen LogP contribution is 2.27. The minimum Gasteiger partial charge on any atom is -0.481 e. The Morgan fingerprint density at radius 1 is 0.576 bits per heavy atom. The first-order valence-corrected chi connectivity index (χ1v) is 31.5. The minimum atomic E-state index is -1.67. The summed E-state index contributed by atoms with van der Waals surface area (Å²) in [6.45, 7) is 11.1. The van der Waals surface area contributed by atoms with Crippen molar-refractivity contribution in [3.8, 4) is 0 Å². The van der Waals surface area contributed by atoms with Gasteiger partial charge in [0.15, 0.2) is 0 Å². The van der Waals surface area contributed by atoms with Crippen LogP contribution in [-0.2, 0) is 57.5 Å². The number of carboxylic acids is 2. The number of nitrogens with one attached hydrogen (secondary N) is 9. The molecule has 0 radical (unpaired) electrons. The van der Waals surface area contributed by atoms with Gasteiger partial charge < -0.3 is 84.4 Å². The number of unbranched alkanes of at least 4 members (excludes halogenated alkanes) is 2. The van der Waals surface area contributed by atoms with E-state index in [9.17, 15) is 72.9 Å². The summed E-state index contributed by atoms with van der Waals surface area (Å²) in [6.07, 6.45) is 4.10. The van der Waals surface area contributed by atoms with Gasteiger partial charge in [-0.3, -0.25) is 57.5 Å². The van der Waals surface area contributed by atoms with Crippen LogP contribution in [0, 0.1) is 11.8 Å². The van der Waals surface area contributed by atoms with Gasteiger partial charge in [0.25, 0.3) is 0 Å². The molecule has 28 nitrogen and oxygen atoms in total.